The van der Waals surface area contributed by atoms with Crippen molar-refractivity contribution in [3.63, 3.8) is 0 Å². The molecule has 1 aliphatic rings. The van der Waals surface area contributed by atoms with E-state index in [1.807, 2.05) is 36.4 Å². The van der Waals surface area contributed by atoms with Crippen molar-refractivity contribution >= 4 is 0 Å². The van der Waals surface area contributed by atoms with Crippen LogP contribution in [0.2, 0.25) is 0 Å². The highest BCUT2D eigenvalue weighted by Gasteiger charge is 2.21. The Bertz CT molecular complexity index is 700. The van der Waals surface area contributed by atoms with Crippen LogP contribution in [0.25, 0.3) is 11.1 Å². The molecule has 0 amide bonds. The van der Waals surface area contributed by atoms with Crippen LogP contribution in [0.15, 0.2) is 48.5 Å². The normalized spacial score (nSPS) is 15.4. The Morgan fingerprint density at radius 3 is 2.12 bits per heavy atom. The molecule has 26 heavy (non-hydrogen) atoms. The van der Waals surface area contributed by atoms with E-state index in [1.54, 1.807) is 0 Å². The van der Waals surface area contributed by atoms with Crippen LogP contribution in [0.3, 0.4) is 0 Å². The van der Waals surface area contributed by atoms with Gasteiger partial charge >= 0.3 is 0 Å². The number of epoxide rings is 1. The van der Waals surface area contributed by atoms with Gasteiger partial charge in [0.25, 0.3) is 0 Å². The second-order valence-corrected chi connectivity index (χ2v) is 6.51. The molecule has 2 aromatic rings. The molecule has 136 valence electrons. The maximum atomic E-state index is 8.85. The molecule has 1 saturated heterocycles. The summed E-state index contributed by atoms with van der Waals surface area (Å²) in [6, 6.07) is 17.9. The molecular weight excluding hydrogens is 326 g/mol. The maximum absolute atomic E-state index is 8.85. The second-order valence-electron chi connectivity index (χ2n) is 6.51. The zero-order valence-corrected chi connectivity index (χ0v) is 15.0. The summed E-state index contributed by atoms with van der Waals surface area (Å²) in [6.45, 7) is 3.19. The van der Waals surface area contributed by atoms with Gasteiger partial charge < -0.3 is 14.2 Å². The van der Waals surface area contributed by atoms with Gasteiger partial charge in [0.05, 0.1) is 31.5 Å². The first kappa shape index (κ1) is 18.4. The monoisotopic (exact) mass is 351 g/mol. The van der Waals surface area contributed by atoms with Crippen molar-refractivity contribution in [3.05, 3.63) is 54.1 Å². The predicted octanol–water partition coefficient (Wildman–Crippen LogP) is 4.58. The molecule has 1 atom stereocenters. The molecule has 1 fully saturated rings. The molecule has 0 saturated carbocycles. The van der Waals surface area contributed by atoms with E-state index in [9.17, 15) is 0 Å². The minimum Gasteiger partial charge on any atom is -0.494 e. The molecule has 0 spiro atoms. The fraction of sp³-hybridized carbons (Fsp3) is 0.409. The largest absolute Gasteiger partial charge is 0.494 e. The smallest absolute Gasteiger partial charge is 0.119 e. The lowest BCUT2D eigenvalue weighted by atomic mass is 10.0. The first-order valence-electron chi connectivity index (χ1n) is 9.28. The van der Waals surface area contributed by atoms with Gasteiger partial charge in [-0.15, -0.1) is 0 Å². The number of hydrogen-bond acceptors (Lipinski definition) is 4. The zero-order chi connectivity index (χ0) is 18.0. The lowest BCUT2D eigenvalue weighted by Crippen LogP contribution is -2.03. The highest BCUT2D eigenvalue weighted by Crippen LogP contribution is 2.23. The number of nitriles is 1. The number of hydrogen-bond donors (Lipinski definition) is 0. The van der Waals surface area contributed by atoms with Crippen LogP contribution in [0.4, 0.5) is 0 Å². The standard InChI is InChI=1S/C22H25NO3/c23-15-18-5-7-19(8-6-18)20-9-11-21(12-10-20)25-14-4-2-1-3-13-24-16-22-17-26-22/h5-12,22H,1-4,13-14,16-17H2/t22-/m0/s1. The Balaban J connectivity index is 1.29. The highest BCUT2D eigenvalue weighted by atomic mass is 16.6. The fourth-order valence-corrected chi connectivity index (χ4v) is 2.71. The Labute approximate surface area is 155 Å². The lowest BCUT2D eigenvalue weighted by molar-refractivity contribution is 0.112. The summed E-state index contributed by atoms with van der Waals surface area (Å²) in [4.78, 5) is 0. The van der Waals surface area contributed by atoms with E-state index >= 15 is 0 Å². The average molecular weight is 351 g/mol. The van der Waals surface area contributed by atoms with Gasteiger partial charge in [0, 0.05) is 6.61 Å². The lowest BCUT2D eigenvalue weighted by Gasteiger charge is -2.08. The third kappa shape index (κ3) is 6.18. The minimum atomic E-state index is 0.367. The number of nitrogens with zero attached hydrogens (tertiary/aromatic N) is 1. The van der Waals surface area contributed by atoms with E-state index in [0.29, 0.717) is 11.7 Å². The molecule has 0 aliphatic carbocycles. The molecule has 4 heteroatoms. The van der Waals surface area contributed by atoms with Crippen LogP contribution in [0.1, 0.15) is 31.2 Å². The average Bonchev–Trinajstić information content (AvgIpc) is 3.52. The van der Waals surface area contributed by atoms with Crippen molar-refractivity contribution in [3.8, 4) is 22.9 Å². The number of ether oxygens (including phenoxy) is 3. The molecule has 2 aromatic carbocycles. The van der Waals surface area contributed by atoms with E-state index in [2.05, 4.69) is 18.2 Å². The Morgan fingerprint density at radius 2 is 1.50 bits per heavy atom. The van der Waals surface area contributed by atoms with Crippen molar-refractivity contribution < 1.29 is 14.2 Å². The predicted molar refractivity (Wildman–Crippen MR) is 101 cm³/mol. The summed E-state index contributed by atoms with van der Waals surface area (Å²) in [5, 5.41) is 8.85. The van der Waals surface area contributed by atoms with E-state index < -0.39 is 0 Å². The van der Waals surface area contributed by atoms with Crippen LogP contribution >= 0.6 is 0 Å². The molecular formula is C22H25NO3. The third-order valence-corrected chi connectivity index (χ3v) is 4.36. The highest BCUT2D eigenvalue weighted by molar-refractivity contribution is 5.64. The van der Waals surface area contributed by atoms with Crippen molar-refractivity contribution in [1.29, 1.82) is 5.26 Å². The van der Waals surface area contributed by atoms with E-state index in [0.717, 1.165) is 62.6 Å². The van der Waals surface area contributed by atoms with Gasteiger partial charge in [-0.2, -0.15) is 5.26 Å². The Hall–Kier alpha value is -2.35. The van der Waals surface area contributed by atoms with Crippen molar-refractivity contribution in [2.24, 2.45) is 0 Å². The summed E-state index contributed by atoms with van der Waals surface area (Å²) in [5.74, 6) is 0.898. The van der Waals surface area contributed by atoms with Gasteiger partial charge in [-0.3, -0.25) is 0 Å². The quantitative estimate of drug-likeness (QED) is 0.439. The van der Waals surface area contributed by atoms with Gasteiger partial charge in [-0.25, -0.2) is 0 Å². The maximum Gasteiger partial charge on any atom is 0.119 e. The van der Waals surface area contributed by atoms with Gasteiger partial charge in [-0.05, 0) is 54.7 Å². The van der Waals surface area contributed by atoms with Crippen molar-refractivity contribution in [2.75, 3.05) is 26.4 Å². The summed E-state index contributed by atoms with van der Waals surface area (Å²) >= 11 is 0. The summed E-state index contributed by atoms with van der Waals surface area (Å²) in [5.41, 5.74) is 2.90. The first-order valence-corrected chi connectivity index (χ1v) is 9.28. The van der Waals surface area contributed by atoms with E-state index in [1.165, 1.54) is 6.42 Å². The summed E-state index contributed by atoms with van der Waals surface area (Å²) in [7, 11) is 0. The Morgan fingerprint density at radius 1 is 0.885 bits per heavy atom. The van der Waals surface area contributed by atoms with Crippen molar-refractivity contribution in [1.82, 2.24) is 0 Å². The molecule has 0 aromatic heterocycles. The number of benzene rings is 2. The number of rotatable bonds is 11. The minimum absolute atomic E-state index is 0.367. The van der Waals surface area contributed by atoms with E-state index in [-0.39, 0.29) is 0 Å². The fourth-order valence-electron chi connectivity index (χ4n) is 2.71. The molecule has 3 rings (SSSR count). The van der Waals surface area contributed by atoms with Gasteiger partial charge in [0.15, 0.2) is 0 Å². The van der Waals surface area contributed by atoms with Crippen LogP contribution in [0.5, 0.6) is 5.75 Å². The van der Waals surface area contributed by atoms with Crippen LogP contribution in [-0.4, -0.2) is 32.5 Å². The second kappa shape index (κ2) is 9.96. The first-order chi connectivity index (χ1) is 12.8. The van der Waals surface area contributed by atoms with E-state index in [4.69, 9.17) is 19.5 Å². The van der Waals surface area contributed by atoms with Gasteiger partial charge in [0.1, 0.15) is 11.9 Å². The molecule has 0 N–H and O–H groups in total. The zero-order valence-electron chi connectivity index (χ0n) is 15.0. The van der Waals surface area contributed by atoms with Crippen LogP contribution in [-0.2, 0) is 9.47 Å². The van der Waals surface area contributed by atoms with Crippen molar-refractivity contribution in [2.45, 2.75) is 31.8 Å². The molecule has 1 aliphatic heterocycles. The molecule has 1 heterocycles. The molecule has 0 radical (unpaired) electrons. The third-order valence-electron chi connectivity index (χ3n) is 4.36. The van der Waals surface area contributed by atoms with Crippen LogP contribution in [0, 0.1) is 11.3 Å². The summed E-state index contributed by atoms with van der Waals surface area (Å²) in [6.07, 6.45) is 4.86. The summed E-state index contributed by atoms with van der Waals surface area (Å²) < 4.78 is 16.4. The SMILES string of the molecule is N#Cc1ccc(-c2ccc(OCCCCCCOC[C@H]3CO3)cc2)cc1. The molecule has 0 bridgehead atoms. The molecule has 0 unspecified atom stereocenters. The van der Waals surface area contributed by atoms with Crippen LogP contribution < -0.4 is 4.74 Å². The van der Waals surface area contributed by atoms with Gasteiger partial charge in [0.2, 0.25) is 0 Å². The topological polar surface area (TPSA) is 54.8 Å². The Kier molecular flexibility index (Phi) is 7.06. The molecule has 4 nitrogen and oxygen atoms in total. The number of unbranched alkanes of at least 4 members (excludes halogenated alkanes) is 3. The van der Waals surface area contributed by atoms with Gasteiger partial charge in [-0.1, -0.05) is 30.7 Å².